The summed E-state index contributed by atoms with van der Waals surface area (Å²) in [5.74, 6) is 0.594. The number of hydrogen-bond donors (Lipinski definition) is 1. The van der Waals surface area contributed by atoms with Crippen molar-refractivity contribution in [2.75, 3.05) is 6.54 Å². The summed E-state index contributed by atoms with van der Waals surface area (Å²) in [7, 11) is 0. The maximum Gasteiger partial charge on any atom is 0.255 e. The van der Waals surface area contributed by atoms with Crippen LogP contribution in [0.2, 0.25) is 0 Å². The molecule has 0 radical (unpaired) electrons. The number of rotatable bonds is 5. The fourth-order valence-corrected chi connectivity index (χ4v) is 3.57. The molecule has 0 fully saturated rings. The first-order valence-electron chi connectivity index (χ1n) is 9.41. The second-order valence-corrected chi connectivity index (χ2v) is 7.02. The number of aromatic nitrogens is 5. The van der Waals surface area contributed by atoms with E-state index < -0.39 is 0 Å². The van der Waals surface area contributed by atoms with Gasteiger partial charge in [0.15, 0.2) is 0 Å². The summed E-state index contributed by atoms with van der Waals surface area (Å²) in [6, 6.07) is 3.75. The number of H-pyrrole nitrogens is 1. The Balaban J connectivity index is 1.54. The van der Waals surface area contributed by atoms with Gasteiger partial charge in [-0.05, 0) is 25.5 Å². The van der Waals surface area contributed by atoms with Crippen LogP contribution in [0.1, 0.15) is 35.9 Å². The molecule has 0 amide bonds. The van der Waals surface area contributed by atoms with Crippen LogP contribution in [0.4, 0.5) is 0 Å². The van der Waals surface area contributed by atoms with Gasteiger partial charge < -0.3 is 4.98 Å². The second kappa shape index (κ2) is 7.44. The number of aromatic amines is 1. The first-order chi connectivity index (χ1) is 13.2. The SMILES string of the molecule is CCCn1ncc(CN2CCc3nc(-c4cccnc4)[nH]c(=O)c3C2)c1C. The van der Waals surface area contributed by atoms with Crippen molar-refractivity contribution in [1.82, 2.24) is 29.6 Å². The molecule has 3 aromatic heterocycles. The van der Waals surface area contributed by atoms with E-state index in [0.29, 0.717) is 12.4 Å². The van der Waals surface area contributed by atoms with Crippen LogP contribution in [0, 0.1) is 6.92 Å². The van der Waals surface area contributed by atoms with Crippen LogP contribution in [0.3, 0.4) is 0 Å². The normalized spacial score (nSPS) is 14.3. The Morgan fingerprint density at radius 1 is 1.30 bits per heavy atom. The van der Waals surface area contributed by atoms with Gasteiger partial charge in [-0.1, -0.05) is 6.92 Å². The summed E-state index contributed by atoms with van der Waals surface area (Å²) in [6.07, 6.45) is 7.22. The van der Waals surface area contributed by atoms with Crippen molar-refractivity contribution in [1.29, 1.82) is 0 Å². The summed E-state index contributed by atoms with van der Waals surface area (Å²) in [4.78, 5) is 26.7. The Kier molecular flexibility index (Phi) is 4.85. The van der Waals surface area contributed by atoms with Crippen molar-refractivity contribution in [3.8, 4) is 11.4 Å². The first kappa shape index (κ1) is 17.6. The van der Waals surface area contributed by atoms with Crippen molar-refractivity contribution >= 4 is 0 Å². The minimum absolute atomic E-state index is 0.0537. The van der Waals surface area contributed by atoms with E-state index in [0.717, 1.165) is 49.3 Å². The smallest absolute Gasteiger partial charge is 0.255 e. The lowest BCUT2D eigenvalue weighted by Gasteiger charge is -2.27. The molecule has 1 N–H and O–H groups in total. The molecule has 3 aromatic rings. The molecule has 0 saturated heterocycles. The third-order valence-electron chi connectivity index (χ3n) is 5.12. The molecule has 0 atom stereocenters. The molecule has 140 valence electrons. The fraction of sp³-hybridized carbons (Fsp3) is 0.400. The molecule has 0 spiro atoms. The van der Waals surface area contributed by atoms with Crippen molar-refractivity contribution in [2.45, 2.75) is 46.3 Å². The van der Waals surface area contributed by atoms with Gasteiger partial charge in [-0.15, -0.1) is 0 Å². The van der Waals surface area contributed by atoms with Crippen molar-refractivity contribution in [2.24, 2.45) is 0 Å². The van der Waals surface area contributed by atoms with Gasteiger partial charge in [-0.3, -0.25) is 19.4 Å². The number of nitrogens with zero attached hydrogens (tertiary/aromatic N) is 5. The van der Waals surface area contributed by atoms with Gasteiger partial charge in [0.05, 0.1) is 17.5 Å². The molecular formula is C20H24N6O. The highest BCUT2D eigenvalue weighted by atomic mass is 16.1. The highest BCUT2D eigenvalue weighted by Crippen LogP contribution is 2.20. The van der Waals surface area contributed by atoms with E-state index in [1.807, 2.05) is 18.3 Å². The van der Waals surface area contributed by atoms with Gasteiger partial charge in [0, 0.05) is 61.8 Å². The maximum atomic E-state index is 12.7. The quantitative estimate of drug-likeness (QED) is 0.751. The molecule has 27 heavy (non-hydrogen) atoms. The molecule has 4 heterocycles. The number of nitrogens with one attached hydrogen (secondary N) is 1. The van der Waals surface area contributed by atoms with Crippen LogP contribution in [0.15, 0.2) is 35.5 Å². The molecule has 1 aliphatic heterocycles. The van der Waals surface area contributed by atoms with Crippen LogP contribution < -0.4 is 5.56 Å². The zero-order chi connectivity index (χ0) is 18.8. The standard InChI is InChI=1S/C20H24N6O/c1-3-8-26-14(2)16(11-22-26)12-25-9-6-18-17(13-25)20(27)24-19(23-18)15-5-4-7-21-10-15/h4-5,7,10-11H,3,6,8-9,12-13H2,1-2H3,(H,23,24,27). The molecule has 4 rings (SSSR count). The average Bonchev–Trinajstić information content (AvgIpc) is 3.03. The summed E-state index contributed by atoms with van der Waals surface area (Å²) in [5, 5.41) is 4.48. The Hall–Kier alpha value is -2.80. The predicted octanol–water partition coefficient (Wildman–Crippen LogP) is 2.31. The number of fused-ring (bicyclic) bond motifs is 1. The van der Waals surface area contributed by atoms with Crippen molar-refractivity contribution in [3.63, 3.8) is 0 Å². The van der Waals surface area contributed by atoms with Gasteiger partial charge in [-0.2, -0.15) is 5.10 Å². The van der Waals surface area contributed by atoms with Crippen LogP contribution in [0.5, 0.6) is 0 Å². The second-order valence-electron chi connectivity index (χ2n) is 7.02. The lowest BCUT2D eigenvalue weighted by molar-refractivity contribution is 0.241. The third kappa shape index (κ3) is 3.55. The van der Waals surface area contributed by atoms with E-state index in [9.17, 15) is 4.79 Å². The van der Waals surface area contributed by atoms with Gasteiger partial charge in [0.2, 0.25) is 0 Å². The zero-order valence-corrected chi connectivity index (χ0v) is 15.8. The van der Waals surface area contributed by atoms with Crippen molar-refractivity contribution in [3.05, 3.63) is 63.6 Å². The van der Waals surface area contributed by atoms with Crippen LogP contribution in [0.25, 0.3) is 11.4 Å². The van der Waals surface area contributed by atoms with E-state index in [-0.39, 0.29) is 5.56 Å². The minimum Gasteiger partial charge on any atom is -0.306 e. The average molecular weight is 364 g/mol. The third-order valence-corrected chi connectivity index (χ3v) is 5.12. The van der Waals surface area contributed by atoms with E-state index in [4.69, 9.17) is 4.98 Å². The highest BCUT2D eigenvalue weighted by Gasteiger charge is 2.22. The van der Waals surface area contributed by atoms with Gasteiger partial charge in [0.1, 0.15) is 5.82 Å². The van der Waals surface area contributed by atoms with E-state index in [2.05, 4.69) is 38.5 Å². The Bertz CT molecular complexity index is 991. The number of pyridine rings is 1. The number of hydrogen-bond acceptors (Lipinski definition) is 5. The molecule has 0 aromatic carbocycles. The van der Waals surface area contributed by atoms with E-state index in [1.165, 1.54) is 11.3 Å². The molecule has 0 saturated carbocycles. The molecule has 0 bridgehead atoms. The lowest BCUT2D eigenvalue weighted by atomic mass is 10.1. The fourth-order valence-electron chi connectivity index (χ4n) is 3.57. The number of aryl methyl sites for hydroxylation is 1. The maximum absolute atomic E-state index is 12.7. The van der Waals surface area contributed by atoms with E-state index >= 15 is 0 Å². The minimum atomic E-state index is -0.0537. The van der Waals surface area contributed by atoms with Gasteiger partial charge in [-0.25, -0.2) is 4.98 Å². The predicted molar refractivity (Wildman–Crippen MR) is 103 cm³/mol. The topological polar surface area (TPSA) is 79.7 Å². The Morgan fingerprint density at radius 2 is 2.19 bits per heavy atom. The van der Waals surface area contributed by atoms with Crippen molar-refractivity contribution < 1.29 is 0 Å². The molecule has 7 heteroatoms. The monoisotopic (exact) mass is 364 g/mol. The van der Waals surface area contributed by atoms with Crippen LogP contribution in [-0.2, 0) is 26.1 Å². The molecular weight excluding hydrogens is 340 g/mol. The van der Waals surface area contributed by atoms with E-state index in [1.54, 1.807) is 12.4 Å². The Morgan fingerprint density at radius 3 is 2.96 bits per heavy atom. The molecule has 1 aliphatic rings. The summed E-state index contributed by atoms with van der Waals surface area (Å²) >= 11 is 0. The van der Waals surface area contributed by atoms with Crippen LogP contribution in [-0.4, -0.2) is 36.2 Å². The van der Waals surface area contributed by atoms with Crippen LogP contribution >= 0.6 is 0 Å². The summed E-state index contributed by atoms with van der Waals surface area (Å²) < 4.78 is 2.06. The molecule has 0 unspecified atom stereocenters. The summed E-state index contributed by atoms with van der Waals surface area (Å²) in [6.45, 7) is 7.51. The van der Waals surface area contributed by atoms with Gasteiger partial charge in [0.25, 0.3) is 5.56 Å². The first-order valence-corrected chi connectivity index (χ1v) is 9.41. The molecule has 0 aliphatic carbocycles. The highest BCUT2D eigenvalue weighted by molar-refractivity contribution is 5.53. The summed E-state index contributed by atoms with van der Waals surface area (Å²) in [5.41, 5.74) is 4.88. The molecule has 7 nitrogen and oxygen atoms in total. The lowest BCUT2D eigenvalue weighted by Crippen LogP contribution is -2.35. The Labute approximate surface area is 158 Å². The largest absolute Gasteiger partial charge is 0.306 e. The zero-order valence-electron chi connectivity index (χ0n) is 15.8. The van der Waals surface area contributed by atoms with Gasteiger partial charge >= 0.3 is 0 Å².